The van der Waals surface area contributed by atoms with E-state index >= 15 is 0 Å². The van der Waals surface area contributed by atoms with Crippen molar-refractivity contribution in [3.05, 3.63) is 30.3 Å². The lowest BCUT2D eigenvalue weighted by Gasteiger charge is -2.41. The maximum Gasteiger partial charge on any atom is 0.303 e. The van der Waals surface area contributed by atoms with Crippen LogP contribution in [0.2, 0.25) is 0 Å². The molecule has 2 heterocycles. The summed E-state index contributed by atoms with van der Waals surface area (Å²) in [5.41, 5.74) is -0.411. The first kappa shape index (κ1) is 20.1. The molecule has 0 aromatic heterocycles. The Morgan fingerprint density at radius 2 is 1.74 bits per heavy atom. The van der Waals surface area contributed by atoms with Crippen molar-refractivity contribution in [3.8, 4) is 0 Å². The van der Waals surface area contributed by atoms with E-state index in [2.05, 4.69) is 0 Å². The Morgan fingerprint density at radius 1 is 1.07 bits per heavy atom. The third kappa shape index (κ3) is 5.01. The zero-order chi connectivity index (χ0) is 19.6. The molecular formula is C19H24O7S. The van der Waals surface area contributed by atoms with Gasteiger partial charge in [0.25, 0.3) is 0 Å². The van der Waals surface area contributed by atoms with Crippen LogP contribution in [0.25, 0.3) is 0 Å². The molecule has 0 aliphatic carbocycles. The van der Waals surface area contributed by atoms with Crippen LogP contribution in [-0.4, -0.2) is 54.2 Å². The molecule has 0 N–H and O–H groups in total. The molecule has 2 aliphatic heterocycles. The molecule has 7 nitrogen and oxygen atoms in total. The molecule has 0 bridgehead atoms. The van der Waals surface area contributed by atoms with E-state index in [0.29, 0.717) is 0 Å². The van der Waals surface area contributed by atoms with Crippen molar-refractivity contribution in [1.82, 2.24) is 0 Å². The predicted molar refractivity (Wildman–Crippen MR) is 97.0 cm³/mol. The van der Waals surface area contributed by atoms with Crippen molar-refractivity contribution in [2.75, 3.05) is 6.61 Å². The van der Waals surface area contributed by atoms with Gasteiger partial charge in [0, 0.05) is 18.7 Å². The maximum atomic E-state index is 11.6. The van der Waals surface area contributed by atoms with Crippen molar-refractivity contribution in [2.45, 2.75) is 68.2 Å². The summed E-state index contributed by atoms with van der Waals surface area (Å²) in [7, 11) is 0. The fourth-order valence-electron chi connectivity index (χ4n) is 3.22. The van der Waals surface area contributed by atoms with Crippen LogP contribution in [0, 0.1) is 0 Å². The van der Waals surface area contributed by atoms with Crippen molar-refractivity contribution in [3.63, 3.8) is 0 Å². The van der Waals surface area contributed by atoms with Gasteiger partial charge in [0.2, 0.25) is 0 Å². The minimum Gasteiger partial charge on any atom is -0.463 e. The quantitative estimate of drug-likeness (QED) is 0.703. The van der Waals surface area contributed by atoms with Crippen molar-refractivity contribution >= 4 is 23.7 Å². The number of esters is 2. The van der Waals surface area contributed by atoms with Gasteiger partial charge in [0.05, 0.1) is 0 Å². The Labute approximate surface area is 162 Å². The lowest BCUT2D eigenvalue weighted by molar-refractivity contribution is -0.202. The Morgan fingerprint density at radius 3 is 2.37 bits per heavy atom. The fraction of sp³-hybridized carbons (Fsp3) is 0.579. The second kappa shape index (κ2) is 8.18. The molecular weight excluding hydrogens is 372 g/mol. The van der Waals surface area contributed by atoms with Gasteiger partial charge in [-0.25, -0.2) is 0 Å². The average Bonchev–Trinajstić information content (AvgIpc) is 2.92. The van der Waals surface area contributed by atoms with Crippen LogP contribution in [0.4, 0.5) is 0 Å². The third-order valence-electron chi connectivity index (χ3n) is 4.18. The maximum absolute atomic E-state index is 11.6. The molecule has 3 rings (SSSR count). The van der Waals surface area contributed by atoms with Crippen molar-refractivity contribution in [2.24, 2.45) is 0 Å². The Bertz CT molecular complexity index is 678. The summed E-state index contributed by atoms with van der Waals surface area (Å²) in [6.45, 7) is 6.22. The summed E-state index contributed by atoms with van der Waals surface area (Å²) in [6, 6.07) is 9.77. The van der Waals surface area contributed by atoms with E-state index in [1.54, 1.807) is 0 Å². The van der Waals surface area contributed by atoms with Crippen LogP contribution < -0.4 is 0 Å². The zero-order valence-electron chi connectivity index (χ0n) is 15.7. The van der Waals surface area contributed by atoms with Crippen LogP contribution in [-0.2, 0) is 33.3 Å². The molecule has 3 unspecified atom stereocenters. The number of hydrogen-bond donors (Lipinski definition) is 0. The van der Waals surface area contributed by atoms with Gasteiger partial charge in [-0.15, -0.1) is 0 Å². The van der Waals surface area contributed by atoms with Crippen LogP contribution >= 0.6 is 11.8 Å². The number of rotatable bonds is 5. The number of thioether (sulfide) groups is 1. The second-order valence-corrected chi connectivity index (χ2v) is 8.09. The third-order valence-corrected chi connectivity index (χ3v) is 5.34. The first-order valence-electron chi connectivity index (χ1n) is 8.78. The van der Waals surface area contributed by atoms with Gasteiger partial charge >= 0.3 is 11.9 Å². The summed E-state index contributed by atoms with van der Waals surface area (Å²) in [5.74, 6) is -1.74. The molecule has 1 aromatic rings. The molecule has 0 saturated carbocycles. The number of benzene rings is 1. The van der Waals surface area contributed by atoms with Gasteiger partial charge in [0.1, 0.15) is 30.4 Å². The number of hydrogen-bond acceptors (Lipinski definition) is 8. The predicted octanol–water partition coefficient (Wildman–Crippen LogP) is 2.52. The van der Waals surface area contributed by atoms with E-state index in [0.717, 1.165) is 4.90 Å². The molecule has 2 saturated heterocycles. The van der Waals surface area contributed by atoms with Crippen molar-refractivity contribution in [1.29, 1.82) is 0 Å². The monoisotopic (exact) mass is 396 g/mol. The summed E-state index contributed by atoms with van der Waals surface area (Å²) in [5, 5.41) is 0. The molecule has 148 valence electrons. The average molecular weight is 396 g/mol. The Hall–Kier alpha value is -1.61. The lowest BCUT2D eigenvalue weighted by Crippen LogP contribution is -2.58. The van der Waals surface area contributed by atoms with E-state index in [4.69, 9.17) is 23.7 Å². The van der Waals surface area contributed by atoms with Gasteiger partial charge in [-0.05, 0) is 26.0 Å². The molecule has 0 radical (unpaired) electrons. The van der Waals surface area contributed by atoms with E-state index < -0.39 is 47.6 Å². The topological polar surface area (TPSA) is 80.3 Å². The molecule has 2 aliphatic rings. The summed E-state index contributed by atoms with van der Waals surface area (Å²) >= 11 is 1.49. The zero-order valence-corrected chi connectivity index (χ0v) is 16.6. The minimum atomic E-state index is -0.844. The highest BCUT2D eigenvalue weighted by atomic mass is 32.2. The van der Waals surface area contributed by atoms with E-state index in [1.807, 2.05) is 44.2 Å². The summed E-state index contributed by atoms with van der Waals surface area (Å²) in [6.07, 6.45) is -2.36. The van der Waals surface area contributed by atoms with Gasteiger partial charge in [0.15, 0.2) is 11.9 Å². The molecule has 0 amide bonds. The second-order valence-electron chi connectivity index (χ2n) is 6.92. The normalized spacial score (nSPS) is 31.8. The van der Waals surface area contributed by atoms with E-state index in [9.17, 15) is 9.59 Å². The smallest absolute Gasteiger partial charge is 0.303 e. The van der Waals surface area contributed by atoms with E-state index in [-0.39, 0.29) is 6.61 Å². The molecule has 27 heavy (non-hydrogen) atoms. The number of carbonyl (C=O) groups excluding carboxylic acids is 2. The lowest BCUT2D eigenvalue weighted by atomic mass is 10.00. The molecule has 8 heteroatoms. The van der Waals surface area contributed by atoms with Crippen LogP contribution in [0.1, 0.15) is 27.7 Å². The van der Waals surface area contributed by atoms with Gasteiger partial charge in [-0.3, -0.25) is 9.59 Å². The highest BCUT2D eigenvalue weighted by Gasteiger charge is 2.57. The van der Waals surface area contributed by atoms with Gasteiger partial charge in [-0.1, -0.05) is 30.0 Å². The molecule has 0 spiro atoms. The fourth-order valence-corrected chi connectivity index (χ4v) is 4.34. The number of fused-ring (bicyclic) bond motifs is 1. The standard InChI is InChI=1S/C19H24O7S/c1-11(20)22-10-14-15(23-12(2)21)16-17(26-19(3,4)25-16)18(24-14)27-13-8-6-5-7-9-13/h5-9,14-18H,10H2,1-4H3/t14?,15-,16?,17?,18+/m1/s1. The molecule has 1 aromatic carbocycles. The van der Waals surface area contributed by atoms with Gasteiger partial charge in [-0.2, -0.15) is 0 Å². The number of carbonyl (C=O) groups is 2. The molecule has 2 fully saturated rings. The van der Waals surface area contributed by atoms with E-state index in [1.165, 1.54) is 25.6 Å². The first-order chi connectivity index (χ1) is 12.7. The minimum absolute atomic E-state index is 0.0356. The van der Waals surface area contributed by atoms with Crippen molar-refractivity contribution < 1.29 is 33.3 Å². The van der Waals surface area contributed by atoms with Crippen LogP contribution in [0.5, 0.6) is 0 Å². The van der Waals surface area contributed by atoms with Crippen LogP contribution in [0.15, 0.2) is 35.2 Å². The molecule has 5 atom stereocenters. The Kier molecular flexibility index (Phi) is 6.10. The first-order valence-corrected chi connectivity index (χ1v) is 9.66. The highest BCUT2D eigenvalue weighted by molar-refractivity contribution is 7.99. The number of ether oxygens (including phenoxy) is 5. The summed E-state index contributed by atoms with van der Waals surface area (Å²) in [4.78, 5) is 23.9. The highest BCUT2D eigenvalue weighted by Crippen LogP contribution is 2.43. The summed E-state index contributed by atoms with van der Waals surface area (Å²) < 4.78 is 28.9. The van der Waals surface area contributed by atoms with Crippen LogP contribution in [0.3, 0.4) is 0 Å². The van der Waals surface area contributed by atoms with Gasteiger partial charge < -0.3 is 23.7 Å². The largest absolute Gasteiger partial charge is 0.463 e. The Balaban J connectivity index is 1.86. The SMILES string of the molecule is CC(=O)OCC1O[C@@H](Sc2ccccc2)C2OC(C)(C)OC2[C@@H]1OC(C)=O.